The number of hydrogen-bond acceptors (Lipinski definition) is 3. The molecule has 0 radical (unpaired) electrons. The average Bonchev–Trinajstić information content (AvgIpc) is 3.00. The van der Waals surface area contributed by atoms with Crippen molar-refractivity contribution in [3.05, 3.63) is 58.3 Å². The third-order valence-corrected chi connectivity index (χ3v) is 4.54. The second-order valence-corrected chi connectivity index (χ2v) is 5.92. The number of rotatable bonds is 5. The lowest BCUT2D eigenvalue weighted by Gasteiger charge is -2.27. The topological polar surface area (TPSA) is 46.3 Å². The Balaban J connectivity index is 1.99. The number of nitrogens with zero attached hydrogens (tertiary/aromatic N) is 1. The monoisotopic (exact) mass is 288 g/mol. The maximum Gasteiger partial charge on any atom is 0.240 e. The molecule has 0 spiro atoms. The first-order chi connectivity index (χ1) is 9.59. The maximum atomic E-state index is 12.4. The Morgan fingerprint density at radius 3 is 2.55 bits per heavy atom. The fraction of sp³-hybridized carbons (Fsp3) is 0.312. The second kappa shape index (κ2) is 6.68. The van der Waals surface area contributed by atoms with E-state index in [2.05, 4.69) is 0 Å². The van der Waals surface area contributed by atoms with Crippen LogP contribution in [0, 0.1) is 0 Å². The van der Waals surface area contributed by atoms with Crippen LogP contribution in [-0.4, -0.2) is 23.9 Å². The molecule has 0 aliphatic carbocycles. The summed E-state index contributed by atoms with van der Waals surface area (Å²) in [5.74, 6) is -0.0187. The van der Waals surface area contributed by atoms with E-state index in [0.717, 1.165) is 5.56 Å². The molecule has 0 aliphatic rings. The molecule has 1 unspecified atom stereocenters. The van der Waals surface area contributed by atoms with Gasteiger partial charge >= 0.3 is 0 Å². The smallest absolute Gasteiger partial charge is 0.240 e. The Morgan fingerprint density at radius 2 is 1.95 bits per heavy atom. The fourth-order valence-corrected chi connectivity index (χ4v) is 2.95. The molecule has 0 saturated heterocycles. The molecule has 3 nitrogen and oxygen atoms in total. The third-order valence-electron chi connectivity index (χ3n) is 3.50. The van der Waals surface area contributed by atoms with Crippen LogP contribution in [0.2, 0.25) is 0 Å². The van der Waals surface area contributed by atoms with E-state index >= 15 is 0 Å². The first kappa shape index (κ1) is 14.8. The van der Waals surface area contributed by atoms with Gasteiger partial charge in [0.15, 0.2) is 0 Å². The molecule has 20 heavy (non-hydrogen) atoms. The summed E-state index contributed by atoms with van der Waals surface area (Å²) in [4.78, 5) is 15.3. The standard InChI is InChI=1S/C16H20N2OS/c1-12(15-9-6-10-20-15)18(2)16(19)14(17)11-13-7-4-3-5-8-13/h3-10,12,14H,11,17H2,1-2H3/t12?,14-/m0/s1. The molecule has 4 heteroatoms. The summed E-state index contributed by atoms with van der Waals surface area (Å²) in [5.41, 5.74) is 7.14. The molecule has 0 bridgehead atoms. The van der Waals surface area contributed by atoms with Crippen LogP contribution < -0.4 is 5.73 Å². The summed E-state index contributed by atoms with van der Waals surface area (Å²) in [6.07, 6.45) is 0.571. The number of likely N-dealkylation sites (N-methyl/N-ethyl adjacent to an activating group) is 1. The van der Waals surface area contributed by atoms with Crippen LogP contribution in [0.25, 0.3) is 0 Å². The molecule has 2 N–H and O–H groups in total. The molecule has 1 aromatic carbocycles. The van der Waals surface area contributed by atoms with Gasteiger partial charge in [0.1, 0.15) is 0 Å². The van der Waals surface area contributed by atoms with Crippen molar-refractivity contribution in [2.45, 2.75) is 25.4 Å². The molecule has 0 aliphatic heterocycles. The molecule has 1 heterocycles. The van der Waals surface area contributed by atoms with Gasteiger partial charge in [-0.05, 0) is 30.4 Å². The van der Waals surface area contributed by atoms with Crippen LogP contribution in [-0.2, 0) is 11.2 Å². The van der Waals surface area contributed by atoms with Crippen molar-refractivity contribution >= 4 is 17.2 Å². The highest BCUT2D eigenvalue weighted by Crippen LogP contribution is 2.23. The van der Waals surface area contributed by atoms with Crippen LogP contribution >= 0.6 is 11.3 Å². The summed E-state index contributed by atoms with van der Waals surface area (Å²) in [6.45, 7) is 2.03. The summed E-state index contributed by atoms with van der Waals surface area (Å²) in [6, 6.07) is 13.5. The molecular weight excluding hydrogens is 268 g/mol. The van der Waals surface area contributed by atoms with Crippen molar-refractivity contribution in [1.29, 1.82) is 0 Å². The van der Waals surface area contributed by atoms with E-state index < -0.39 is 6.04 Å². The molecule has 2 atom stereocenters. The zero-order valence-corrected chi connectivity index (χ0v) is 12.6. The number of nitrogens with two attached hydrogens (primary N) is 1. The van der Waals surface area contributed by atoms with E-state index in [0.29, 0.717) is 6.42 Å². The van der Waals surface area contributed by atoms with Crippen molar-refractivity contribution < 1.29 is 4.79 Å². The lowest BCUT2D eigenvalue weighted by Crippen LogP contribution is -2.43. The van der Waals surface area contributed by atoms with E-state index in [1.165, 1.54) is 4.88 Å². The minimum Gasteiger partial charge on any atom is -0.337 e. The van der Waals surface area contributed by atoms with Gasteiger partial charge in [0, 0.05) is 11.9 Å². The first-order valence-corrected chi connectivity index (χ1v) is 7.57. The van der Waals surface area contributed by atoms with Crippen molar-refractivity contribution in [2.24, 2.45) is 5.73 Å². The zero-order valence-electron chi connectivity index (χ0n) is 11.8. The van der Waals surface area contributed by atoms with Gasteiger partial charge in [0.25, 0.3) is 0 Å². The Labute approximate surface area is 124 Å². The SMILES string of the molecule is CC(c1cccs1)N(C)C(=O)[C@@H](N)Cc1ccccc1. The minimum atomic E-state index is -0.496. The van der Waals surface area contributed by atoms with Crippen molar-refractivity contribution in [1.82, 2.24) is 4.90 Å². The predicted molar refractivity (Wildman–Crippen MR) is 83.6 cm³/mol. The van der Waals surface area contributed by atoms with E-state index in [9.17, 15) is 4.79 Å². The number of carbonyl (C=O) groups is 1. The van der Waals surface area contributed by atoms with E-state index in [4.69, 9.17) is 5.73 Å². The largest absolute Gasteiger partial charge is 0.337 e. The molecule has 1 amide bonds. The lowest BCUT2D eigenvalue weighted by atomic mass is 10.1. The maximum absolute atomic E-state index is 12.4. The summed E-state index contributed by atoms with van der Waals surface area (Å²) in [7, 11) is 1.82. The van der Waals surface area contributed by atoms with Crippen molar-refractivity contribution in [2.75, 3.05) is 7.05 Å². The van der Waals surface area contributed by atoms with E-state index in [-0.39, 0.29) is 11.9 Å². The van der Waals surface area contributed by atoms with Gasteiger partial charge in [-0.15, -0.1) is 11.3 Å². The van der Waals surface area contributed by atoms with Crippen LogP contribution in [0.1, 0.15) is 23.4 Å². The first-order valence-electron chi connectivity index (χ1n) is 6.69. The van der Waals surface area contributed by atoms with Crippen LogP contribution in [0.5, 0.6) is 0 Å². The van der Waals surface area contributed by atoms with Crippen molar-refractivity contribution in [3.8, 4) is 0 Å². The van der Waals surface area contributed by atoms with Gasteiger partial charge in [-0.1, -0.05) is 36.4 Å². The number of thiophene rings is 1. The van der Waals surface area contributed by atoms with Crippen molar-refractivity contribution in [3.63, 3.8) is 0 Å². The Morgan fingerprint density at radius 1 is 1.25 bits per heavy atom. The Kier molecular flexibility index (Phi) is 4.93. The van der Waals surface area contributed by atoms with E-state index in [1.54, 1.807) is 16.2 Å². The molecular formula is C16H20N2OS. The molecule has 2 aromatic rings. The fourth-order valence-electron chi connectivity index (χ4n) is 2.13. The van der Waals surface area contributed by atoms with Gasteiger partial charge in [-0.3, -0.25) is 4.79 Å². The van der Waals surface area contributed by atoms with Gasteiger partial charge in [0.2, 0.25) is 5.91 Å². The summed E-state index contributed by atoms with van der Waals surface area (Å²) >= 11 is 1.66. The zero-order chi connectivity index (χ0) is 14.5. The van der Waals surface area contributed by atoms with Crippen LogP contribution in [0.15, 0.2) is 47.8 Å². The normalized spacial score (nSPS) is 13.8. The van der Waals surface area contributed by atoms with Gasteiger partial charge in [0.05, 0.1) is 12.1 Å². The van der Waals surface area contributed by atoms with Gasteiger partial charge in [-0.2, -0.15) is 0 Å². The van der Waals surface area contributed by atoms with Crippen LogP contribution in [0.3, 0.4) is 0 Å². The second-order valence-electron chi connectivity index (χ2n) is 4.94. The summed E-state index contributed by atoms with van der Waals surface area (Å²) in [5, 5.41) is 2.02. The number of amides is 1. The number of benzene rings is 1. The molecule has 106 valence electrons. The Hall–Kier alpha value is -1.65. The highest BCUT2D eigenvalue weighted by atomic mass is 32.1. The van der Waals surface area contributed by atoms with Gasteiger partial charge < -0.3 is 10.6 Å². The van der Waals surface area contributed by atoms with E-state index in [1.807, 2.05) is 61.8 Å². The molecule has 1 aromatic heterocycles. The molecule has 2 rings (SSSR count). The molecule has 0 fully saturated rings. The average molecular weight is 288 g/mol. The number of hydrogen-bond donors (Lipinski definition) is 1. The Bertz CT molecular complexity index is 539. The minimum absolute atomic E-state index is 0.0187. The predicted octanol–water partition coefficient (Wildman–Crippen LogP) is 2.84. The van der Waals surface area contributed by atoms with Gasteiger partial charge in [-0.25, -0.2) is 0 Å². The quantitative estimate of drug-likeness (QED) is 0.919. The molecule has 0 saturated carbocycles. The lowest BCUT2D eigenvalue weighted by molar-refractivity contribution is -0.133. The highest BCUT2D eigenvalue weighted by molar-refractivity contribution is 7.10. The van der Waals surface area contributed by atoms with Crippen LogP contribution in [0.4, 0.5) is 0 Å². The summed E-state index contributed by atoms with van der Waals surface area (Å²) < 4.78 is 0. The number of carbonyl (C=O) groups excluding carboxylic acids is 1. The highest BCUT2D eigenvalue weighted by Gasteiger charge is 2.23. The third kappa shape index (κ3) is 3.46.